The Morgan fingerprint density at radius 1 is 1.23 bits per heavy atom. The molecule has 2 aromatic rings. The number of hydrogen-bond donors (Lipinski definition) is 0. The molecule has 0 radical (unpaired) electrons. The fraction of sp³-hybridized carbons (Fsp3) is 0.632. The second-order valence-electron chi connectivity index (χ2n) is 7.92. The normalized spacial score (nSPS) is 19.5. The second kappa shape index (κ2) is 8.37. The van der Waals surface area contributed by atoms with Crippen molar-refractivity contribution in [3.63, 3.8) is 0 Å². The molecule has 0 saturated carbocycles. The summed E-state index contributed by atoms with van der Waals surface area (Å²) < 4.78 is 34.4. The lowest BCUT2D eigenvalue weighted by Gasteiger charge is -2.30. The smallest absolute Gasteiger partial charge is 0.263 e. The monoisotopic (exact) mass is 454 g/mol. The third-order valence-corrected chi connectivity index (χ3v) is 9.02. The van der Waals surface area contributed by atoms with Gasteiger partial charge in [0.05, 0.1) is 24.9 Å². The number of aryl methyl sites for hydroxylation is 1. The maximum Gasteiger partial charge on any atom is 0.263 e. The number of likely N-dealkylation sites (tertiary alicyclic amines) is 1. The minimum Gasteiger partial charge on any atom is -0.379 e. The zero-order valence-electron chi connectivity index (χ0n) is 17.2. The fourth-order valence-corrected chi connectivity index (χ4v) is 7.03. The molecule has 2 aromatic heterocycles. The van der Waals surface area contributed by atoms with Crippen molar-refractivity contribution in [2.24, 2.45) is 5.92 Å². The van der Waals surface area contributed by atoms with Crippen molar-refractivity contribution in [3.8, 4) is 0 Å². The zero-order chi connectivity index (χ0) is 21.5. The van der Waals surface area contributed by atoms with Crippen LogP contribution in [0, 0.1) is 12.8 Å². The standard InChI is InChI=1S/C19H26N4O5S2/c1-13-3-5-21(6-4-13)15(24)11-22-12-20-18-16(19(22)25)17(14(2)29-18)30(26,27)23-7-9-28-10-8-23/h12-13H,3-11H2,1-2H3. The Morgan fingerprint density at radius 3 is 2.57 bits per heavy atom. The quantitative estimate of drug-likeness (QED) is 0.684. The summed E-state index contributed by atoms with van der Waals surface area (Å²) in [6, 6.07) is 0. The van der Waals surface area contributed by atoms with Crippen molar-refractivity contribution in [2.75, 3.05) is 39.4 Å². The number of piperidine rings is 1. The van der Waals surface area contributed by atoms with Gasteiger partial charge >= 0.3 is 0 Å². The van der Waals surface area contributed by atoms with E-state index >= 15 is 0 Å². The van der Waals surface area contributed by atoms with E-state index in [1.807, 2.05) is 0 Å². The van der Waals surface area contributed by atoms with Gasteiger partial charge in [0.1, 0.15) is 16.3 Å². The maximum absolute atomic E-state index is 13.3. The lowest BCUT2D eigenvalue weighted by molar-refractivity contribution is -0.133. The van der Waals surface area contributed by atoms with Crippen LogP contribution in [-0.2, 0) is 26.1 Å². The molecule has 4 heterocycles. The highest BCUT2D eigenvalue weighted by atomic mass is 32.2. The summed E-state index contributed by atoms with van der Waals surface area (Å²) >= 11 is 1.18. The summed E-state index contributed by atoms with van der Waals surface area (Å²) in [7, 11) is -3.86. The molecule has 9 nitrogen and oxygen atoms in total. The molecule has 0 atom stereocenters. The van der Waals surface area contributed by atoms with E-state index in [0.717, 1.165) is 12.8 Å². The van der Waals surface area contributed by atoms with Crippen LogP contribution in [0.5, 0.6) is 0 Å². The average Bonchev–Trinajstić information content (AvgIpc) is 3.08. The van der Waals surface area contributed by atoms with Crippen molar-refractivity contribution in [3.05, 3.63) is 21.6 Å². The summed E-state index contributed by atoms with van der Waals surface area (Å²) in [5, 5.41) is 0.0755. The fourth-order valence-electron chi connectivity index (χ4n) is 3.96. The van der Waals surface area contributed by atoms with Crippen LogP contribution in [0.15, 0.2) is 16.0 Å². The van der Waals surface area contributed by atoms with E-state index in [1.54, 1.807) is 11.8 Å². The largest absolute Gasteiger partial charge is 0.379 e. The molecule has 0 bridgehead atoms. The number of thiophene rings is 1. The Morgan fingerprint density at radius 2 is 1.90 bits per heavy atom. The first kappa shape index (κ1) is 21.4. The zero-order valence-corrected chi connectivity index (χ0v) is 18.8. The summed E-state index contributed by atoms with van der Waals surface area (Å²) in [5.74, 6) is 0.450. The van der Waals surface area contributed by atoms with Gasteiger partial charge in [-0.2, -0.15) is 4.31 Å². The predicted molar refractivity (Wildman–Crippen MR) is 113 cm³/mol. The minimum atomic E-state index is -3.86. The third-order valence-electron chi connectivity index (χ3n) is 5.81. The van der Waals surface area contributed by atoms with Crippen LogP contribution >= 0.6 is 11.3 Å². The lowest BCUT2D eigenvalue weighted by atomic mass is 9.99. The summed E-state index contributed by atoms with van der Waals surface area (Å²) in [4.78, 5) is 32.9. The number of ether oxygens (including phenoxy) is 1. The number of morpholine rings is 1. The number of nitrogens with zero attached hydrogens (tertiary/aromatic N) is 4. The molecule has 2 fully saturated rings. The van der Waals surface area contributed by atoms with E-state index < -0.39 is 15.6 Å². The third kappa shape index (κ3) is 3.91. The first-order valence-corrected chi connectivity index (χ1v) is 12.4. The first-order valence-electron chi connectivity index (χ1n) is 10.1. The lowest BCUT2D eigenvalue weighted by Crippen LogP contribution is -2.42. The van der Waals surface area contributed by atoms with Gasteiger partial charge in [-0.1, -0.05) is 6.92 Å². The molecule has 4 rings (SSSR count). The molecule has 2 aliphatic rings. The summed E-state index contributed by atoms with van der Waals surface area (Å²) in [6.45, 7) is 6.22. The topological polar surface area (TPSA) is 102 Å². The number of rotatable bonds is 4. The summed E-state index contributed by atoms with van der Waals surface area (Å²) in [6.07, 6.45) is 3.24. The van der Waals surface area contributed by atoms with Gasteiger partial charge in [-0.3, -0.25) is 14.2 Å². The molecule has 11 heteroatoms. The van der Waals surface area contributed by atoms with Crippen LogP contribution in [-0.4, -0.2) is 72.5 Å². The number of amides is 1. The molecule has 30 heavy (non-hydrogen) atoms. The van der Waals surface area contributed by atoms with Crippen molar-refractivity contribution in [1.29, 1.82) is 0 Å². The number of hydrogen-bond acceptors (Lipinski definition) is 7. The minimum absolute atomic E-state index is 0.00972. The molecule has 2 saturated heterocycles. The van der Waals surface area contributed by atoms with Crippen LogP contribution in [0.25, 0.3) is 10.2 Å². The molecular weight excluding hydrogens is 428 g/mol. The molecule has 0 N–H and O–H groups in total. The van der Waals surface area contributed by atoms with E-state index in [2.05, 4.69) is 11.9 Å². The number of aromatic nitrogens is 2. The Balaban J connectivity index is 1.69. The van der Waals surface area contributed by atoms with Crippen LogP contribution in [0.2, 0.25) is 0 Å². The second-order valence-corrected chi connectivity index (χ2v) is 11.0. The molecule has 0 aromatic carbocycles. The average molecular weight is 455 g/mol. The van der Waals surface area contributed by atoms with E-state index in [-0.39, 0.29) is 35.8 Å². The number of carbonyl (C=O) groups excluding carboxylic acids is 1. The van der Waals surface area contributed by atoms with E-state index in [0.29, 0.717) is 41.9 Å². The van der Waals surface area contributed by atoms with Crippen molar-refractivity contribution >= 4 is 37.5 Å². The Hall–Kier alpha value is -1.82. The van der Waals surface area contributed by atoms with Crippen molar-refractivity contribution in [1.82, 2.24) is 18.8 Å². The van der Waals surface area contributed by atoms with Crippen LogP contribution < -0.4 is 5.56 Å². The maximum atomic E-state index is 13.3. The van der Waals surface area contributed by atoms with E-state index in [4.69, 9.17) is 4.74 Å². The van der Waals surface area contributed by atoms with Crippen molar-refractivity contribution in [2.45, 2.75) is 38.1 Å². The van der Waals surface area contributed by atoms with Gasteiger partial charge in [0.25, 0.3) is 5.56 Å². The van der Waals surface area contributed by atoms with Crippen molar-refractivity contribution < 1.29 is 17.9 Å². The molecule has 0 unspecified atom stereocenters. The van der Waals surface area contributed by atoms with Crippen LogP contribution in [0.3, 0.4) is 0 Å². The Kier molecular flexibility index (Phi) is 5.97. The number of carbonyl (C=O) groups is 1. The molecule has 164 valence electrons. The molecule has 2 aliphatic heterocycles. The van der Waals surface area contributed by atoms with Gasteiger partial charge < -0.3 is 9.64 Å². The van der Waals surface area contributed by atoms with Gasteiger partial charge in [0.15, 0.2) is 0 Å². The van der Waals surface area contributed by atoms with Gasteiger partial charge in [0.2, 0.25) is 15.9 Å². The number of fused-ring (bicyclic) bond motifs is 1. The molecule has 0 spiro atoms. The molecule has 0 aliphatic carbocycles. The predicted octanol–water partition coefficient (Wildman–Crippen LogP) is 1.05. The molecular formula is C19H26N4O5S2. The Bertz CT molecular complexity index is 1110. The number of sulfonamides is 1. The van der Waals surface area contributed by atoms with Gasteiger partial charge in [-0.25, -0.2) is 13.4 Å². The molecule has 1 amide bonds. The van der Waals surface area contributed by atoms with Gasteiger partial charge in [-0.05, 0) is 25.7 Å². The summed E-state index contributed by atoms with van der Waals surface area (Å²) in [5.41, 5.74) is -0.491. The highest BCUT2D eigenvalue weighted by Gasteiger charge is 2.33. The Labute approximate surface area is 179 Å². The van der Waals surface area contributed by atoms with Gasteiger partial charge in [-0.15, -0.1) is 11.3 Å². The van der Waals surface area contributed by atoms with Gasteiger partial charge in [0, 0.05) is 31.1 Å². The van der Waals surface area contributed by atoms with E-state index in [9.17, 15) is 18.0 Å². The van der Waals surface area contributed by atoms with E-state index in [1.165, 1.54) is 26.5 Å². The van der Waals surface area contributed by atoms with Crippen LogP contribution in [0.1, 0.15) is 24.6 Å². The first-order chi connectivity index (χ1) is 14.3. The highest BCUT2D eigenvalue weighted by Crippen LogP contribution is 2.33. The van der Waals surface area contributed by atoms with Crippen LogP contribution in [0.4, 0.5) is 0 Å². The SMILES string of the molecule is Cc1sc2ncn(CC(=O)N3CCC(C)CC3)c(=O)c2c1S(=O)(=O)N1CCOCC1. The highest BCUT2D eigenvalue weighted by molar-refractivity contribution is 7.89.